The molecule has 2 heterocycles. The van der Waals surface area contributed by atoms with Crippen molar-refractivity contribution in [1.82, 2.24) is 0 Å². The molecule has 0 bridgehead atoms. The Balaban J connectivity index is 1.88. The van der Waals surface area contributed by atoms with Crippen molar-refractivity contribution in [2.24, 2.45) is 23.7 Å². The highest BCUT2D eigenvalue weighted by molar-refractivity contribution is 5.74. The zero-order chi connectivity index (χ0) is 14.2. The molecule has 7 atom stereocenters. The SMILES string of the molecule is CC1OC(=O)C(C)C1COC1OC(C)C(CO)C1C. The van der Waals surface area contributed by atoms with Crippen LogP contribution in [0.1, 0.15) is 27.7 Å². The average Bonchev–Trinajstić information content (AvgIpc) is 2.76. The molecule has 1 N–H and O–H groups in total. The van der Waals surface area contributed by atoms with Crippen LogP contribution in [-0.4, -0.2) is 42.8 Å². The number of hydrogen-bond acceptors (Lipinski definition) is 5. The van der Waals surface area contributed by atoms with Gasteiger partial charge in [-0.2, -0.15) is 0 Å². The van der Waals surface area contributed by atoms with Gasteiger partial charge in [-0.1, -0.05) is 13.8 Å². The first-order valence-corrected chi connectivity index (χ1v) is 7.04. The second kappa shape index (κ2) is 5.77. The Bertz CT molecular complexity index is 332. The lowest BCUT2D eigenvalue weighted by atomic mass is 9.92. The third-order valence-electron chi connectivity index (χ3n) is 4.64. The van der Waals surface area contributed by atoms with Gasteiger partial charge in [0.05, 0.1) is 18.6 Å². The summed E-state index contributed by atoms with van der Waals surface area (Å²) in [7, 11) is 0. The molecule has 0 aromatic carbocycles. The molecule has 2 aliphatic rings. The van der Waals surface area contributed by atoms with Crippen LogP contribution < -0.4 is 0 Å². The second-order valence-corrected chi connectivity index (χ2v) is 5.84. The maximum atomic E-state index is 11.5. The predicted molar refractivity (Wildman–Crippen MR) is 68.2 cm³/mol. The summed E-state index contributed by atoms with van der Waals surface area (Å²) in [5, 5.41) is 9.32. The van der Waals surface area contributed by atoms with Crippen LogP contribution in [-0.2, 0) is 19.0 Å². The van der Waals surface area contributed by atoms with E-state index < -0.39 is 0 Å². The number of cyclic esters (lactones) is 1. The standard InChI is InChI=1S/C14H24O5/c1-7-12(10(4)18-13(7)16)6-17-14-8(2)11(5-15)9(3)19-14/h7-12,14-15H,5-6H2,1-4H3. The number of carbonyl (C=O) groups excluding carboxylic acids is 1. The third-order valence-corrected chi connectivity index (χ3v) is 4.64. The molecule has 0 spiro atoms. The molecule has 7 unspecified atom stereocenters. The van der Waals surface area contributed by atoms with Crippen molar-refractivity contribution >= 4 is 5.97 Å². The van der Waals surface area contributed by atoms with Crippen molar-refractivity contribution in [3.05, 3.63) is 0 Å². The van der Waals surface area contributed by atoms with Gasteiger partial charge in [0.25, 0.3) is 0 Å². The van der Waals surface area contributed by atoms with E-state index in [1.165, 1.54) is 0 Å². The van der Waals surface area contributed by atoms with Gasteiger partial charge in [0, 0.05) is 24.4 Å². The molecule has 0 saturated carbocycles. The lowest BCUT2D eigenvalue weighted by Gasteiger charge is -2.22. The quantitative estimate of drug-likeness (QED) is 0.779. The summed E-state index contributed by atoms with van der Waals surface area (Å²) < 4.78 is 16.7. The lowest BCUT2D eigenvalue weighted by molar-refractivity contribution is -0.155. The van der Waals surface area contributed by atoms with Crippen molar-refractivity contribution in [2.45, 2.75) is 46.2 Å². The monoisotopic (exact) mass is 272 g/mol. The molecule has 0 aromatic heterocycles. The highest BCUT2D eigenvalue weighted by Gasteiger charge is 2.43. The molecule has 0 amide bonds. The van der Waals surface area contributed by atoms with E-state index in [-0.39, 0.29) is 54.7 Å². The van der Waals surface area contributed by atoms with Crippen molar-refractivity contribution in [1.29, 1.82) is 0 Å². The van der Waals surface area contributed by atoms with Crippen LogP contribution in [0.25, 0.3) is 0 Å². The zero-order valence-electron chi connectivity index (χ0n) is 12.0. The Kier molecular flexibility index (Phi) is 4.48. The summed E-state index contributed by atoms with van der Waals surface area (Å²) in [5.41, 5.74) is 0. The summed E-state index contributed by atoms with van der Waals surface area (Å²) in [6.45, 7) is 8.31. The fraction of sp³-hybridized carbons (Fsp3) is 0.929. The molecular formula is C14H24O5. The van der Waals surface area contributed by atoms with Crippen LogP contribution in [0.15, 0.2) is 0 Å². The highest BCUT2D eigenvalue weighted by atomic mass is 16.7. The van der Waals surface area contributed by atoms with Crippen LogP contribution in [0.5, 0.6) is 0 Å². The van der Waals surface area contributed by atoms with E-state index >= 15 is 0 Å². The fourth-order valence-corrected chi connectivity index (χ4v) is 3.02. The molecule has 5 heteroatoms. The van der Waals surface area contributed by atoms with Crippen molar-refractivity contribution in [2.75, 3.05) is 13.2 Å². The highest BCUT2D eigenvalue weighted by Crippen LogP contribution is 2.34. The molecule has 0 radical (unpaired) electrons. The van der Waals surface area contributed by atoms with Crippen LogP contribution in [0.4, 0.5) is 0 Å². The molecule has 2 aliphatic heterocycles. The number of esters is 1. The second-order valence-electron chi connectivity index (χ2n) is 5.84. The van der Waals surface area contributed by atoms with Crippen LogP contribution in [0.2, 0.25) is 0 Å². The van der Waals surface area contributed by atoms with Gasteiger partial charge in [0.1, 0.15) is 6.10 Å². The number of aliphatic hydroxyl groups is 1. The lowest BCUT2D eigenvalue weighted by Crippen LogP contribution is -2.29. The molecule has 2 rings (SSSR count). The van der Waals surface area contributed by atoms with Gasteiger partial charge in [-0.05, 0) is 13.8 Å². The summed E-state index contributed by atoms with van der Waals surface area (Å²) in [6.07, 6.45) is -0.408. The van der Waals surface area contributed by atoms with E-state index in [4.69, 9.17) is 14.2 Å². The van der Waals surface area contributed by atoms with Crippen molar-refractivity contribution in [3.8, 4) is 0 Å². The van der Waals surface area contributed by atoms with Gasteiger partial charge in [0.15, 0.2) is 6.29 Å². The van der Waals surface area contributed by atoms with E-state index in [1.54, 1.807) is 0 Å². The number of carbonyl (C=O) groups is 1. The number of ether oxygens (including phenoxy) is 3. The Hall–Kier alpha value is -0.650. The molecule has 0 aromatic rings. The maximum Gasteiger partial charge on any atom is 0.309 e. The summed E-state index contributed by atoms with van der Waals surface area (Å²) in [4.78, 5) is 11.5. The molecule has 19 heavy (non-hydrogen) atoms. The number of hydrogen-bond donors (Lipinski definition) is 1. The first-order valence-electron chi connectivity index (χ1n) is 7.04. The van der Waals surface area contributed by atoms with Gasteiger partial charge in [-0.3, -0.25) is 4.79 Å². The Labute approximate surface area is 114 Å². The normalized spacial score (nSPS) is 46.6. The molecule has 2 saturated heterocycles. The van der Waals surface area contributed by atoms with Crippen molar-refractivity contribution < 1.29 is 24.1 Å². The van der Waals surface area contributed by atoms with Gasteiger partial charge in [0.2, 0.25) is 0 Å². The van der Waals surface area contributed by atoms with Gasteiger partial charge >= 0.3 is 5.97 Å². The number of aliphatic hydroxyl groups excluding tert-OH is 1. The topological polar surface area (TPSA) is 65.0 Å². The number of rotatable bonds is 4. The van der Waals surface area contributed by atoms with E-state index in [9.17, 15) is 9.90 Å². The average molecular weight is 272 g/mol. The Morgan fingerprint density at radius 2 is 1.84 bits per heavy atom. The summed E-state index contributed by atoms with van der Waals surface area (Å²) in [5.74, 6) is 0.0672. The predicted octanol–water partition coefficient (Wildman–Crippen LogP) is 1.19. The van der Waals surface area contributed by atoms with E-state index in [0.29, 0.717) is 6.61 Å². The Morgan fingerprint density at radius 3 is 2.32 bits per heavy atom. The minimum atomic E-state index is -0.303. The Morgan fingerprint density at radius 1 is 1.16 bits per heavy atom. The minimum Gasteiger partial charge on any atom is -0.462 e. The smallest absolute Gasteiger partial charge is 0.309 e. The molecule has 0 aliphatic carbocycles. The largest absolute Gasteiger partial charge is 0.462 e. The summed E-state index contributed by atoms with van der Waals surface area (Å²) >= 11 is 0. The van der Waals surface area contributed by atoms with Crippen molar-refractivity contribution in [3.63, 3.8) is 0 Å². The summed E-state index contributed by atoms with van der Waals surface area (Å²) in [6, 6.07) is 0. The van der Waals surface area contributed by atoms with Crippen LogP contribution in [0.3, 0.4) is 0 Å². The minimum absolute atomic E-state index is 0.00121. The third kappa shape index (κ3) is 2.78. The van der Waals surface area contributed by atoms with E-state index in [2.05, 4.69) is 0 Å². The molecule has 110 valence electrons. The zero-order valence-corrected chi connectivity index (χ0v) is 12.0. The fourth-order valence-electron chi connectivity index (χ4n) is 3.02. The molecule has 5 nitrogen and oxygen atoms in total. The van der Waals surface area contributed by atoms with E-state index in [0.717, 1.165) is 0 Å². The van der Waals surface area contributed by atoms with Crippen LogP contribution >= 0.6 is 0 Å². The van der Waals surface area contributed by atoms with Gasteiger partial charge in [-0.25, -0.2) is 0 Å². The van der Waals surface area contributed by atoms with Gasteiger partial charge < -0.3 is 19.3 Å². The van der Waals surface area contributed by atoms with Gasteiger partial charge in [-0.15, -0.1) is 0 Å². The molecular weight excluding hydrogens is 248 g/mol. The molecule has 2 fully saturated rings. The maximum absolute atomic E-state index is 11.5. The van der Waals surface area contributed by atoms with E-state index in [1.807, 2.05) is 27.7 Å². The van der Waals surface area contributed by atoms with Crippen LogP contribution in [0, 0.1) is 23.7 Å². The first kappa shape index (κ1) is 14.8. The first-order chi connectivity index (χ1) is 8.95.